The van der Waals surface area contributed by atoms with Crippen LogP contribution in [-0.4, -0.2) is 23.6 Å². The van der Waals surface area contributed by atoms with Crippen LogP contribution in [0.5, 0.6) is 0 Å². The summed E-state index contributed by atoms with van der Waals surface area (Å²) >= 11 is 0. The molecule has 7 nitrogen and oxygen atoms in total. The molecule has 2 rings (SSSR count). The van der Waals surface area contributed by atoms with E-state index in [0.29, 0.717) is 11.3 Å². The molecule has 0 aliphatic carbocycles. The zero-order valence-corrected chi connectivity index (χ0v) is 11.9. The Morgan fingerprint density at radius 2 is 2.00 bits per heavy atom. The molecule has 2 aromatic rings. The molecule has 0 radical (unpaired) electrons. The van der Waals surface area contributed by atoms with E-state index in [1.54, 1.807) is 31.2 Å². The molecular formula is C15H15N3O4. The number of H-pyrrole nitrogens is 1. The Morgan fingerprint density at radius 1 is 1.18 bits per heavy atom. The molecule has 3 N–H and O–H groups in total. The zero-order chi connectivity index (χ0) is 15.9. The van der Waals surface area contributed by atoms with Gasteiger partial charge in [0.25, 0.3) is 11.5 Å². The minimum atomic E-state index is -0.598. The molecule has 1 aromatic carbocycles. The largest absolute Gasteiger partial charge is 0.450 e. The first-order chi connectivity index (χ1) is 10.6. The lowest BCUT2D eigenvalue weighted by Gasteiger charge is -2.08. The molecule has 0 atom stereocenters. The molecule has 0 fully saturated rings. The number of hydrogen-bond donors (Lipinski definition) is 3. The second-order valence-corrected chi connectivity index (χ2v) is 4.29. The van der Waals surface area contributed by atoms with Gasteiger partial charge in [0, 0.05) is 17.4 Å². The van der Waals surface area contributed by atoms with Crippen molar-refractivity contribution in [3.05, 3.63) is 58.5 Å². The highest BCUT2D eigenvalue weighted by atomic mass is 16.5. The smallest absolute Gasteiger partial charge is 0.411 e. The zero-order valence-electron chi connectivity index (χ0n) is 11.9. The Hall–Kier alpha value is -3.09. The lowest BCUT2D eigenvalue weighted by Crippen LogP contribution is -2.19. The maximum absolute atomic E-state index is 12.1. The summed E-state index contributed by atoms with van der Waals surface area (Å²) in [6.45, 7) is 1.95. The van der Waals surface area contributed by atoms with Crippen molar-refractivity contribution < 1.29 is 14.3 Å². The van der Waals surface area contributed by atoms with Crippen molar-refractivity contribution in [1.82, 2.24) is 4.98 Å². The van der Waals surface area contributed by atoms with Gasteiger partial charge < -0.3 is 15.0 Å². The van der Waals surface area contributed by atoms with Gasteiger partial charge in [0.05, 0.1) is 6.61 Å². The minimum absolute atomic E-state index is 0.149. The first-order valence-corrected chi connectivity index (χ1v) is 6.63. The van der Waals surface area contributed by atoms with Crippen molar-refractivity contribution in [3.63, 3.8) is 0 Å². The van der Waals surface area contributed by atoms with Crippen LogP contribution in [0.25, 0.3) is 0 Å². The molecule has 22 heavy (non-hydrogen) atoms. The molecule has 0 spiro atoms. The SMILES string of the molecule is CCOC(=O)Nc1cccc(C(=O)Nc2ccc[nH]c2=O)c1. The number of carbonyl (C=O) groups is 2. The van der Waals surface area contributed by atoms with E-state index < -0.39 is 17.6 Å². The fourth-order valence-electron chi connectivity index (χ4n) is 1.74. The van der Waals surface area contributed by atoms with Gasteiger partial charge in [-0.05, 0) is 37.3 Å². The number of aromatic amines is 1. The lowest BCUT2D eigenvalue weighted by atomic mass is 10.2. The number of hydrogen-bond acceptors (Lipinski definition) is 4. The van der Waals surface area contributed by atoms with Gasteiger partial charge in [0.15, 0.2) is 0 Å². The summed E-state index contributed by atoms with van der Waals surface area (Å²) < 4.78 is 4.76. The molecule has 0 unspecified atom stereocenters. The van der Waals surface area contributed by atoms with Gasteiger partial charge in [-0.1, -0.05) is 6.07 Å². The van der Waals surface area contributed by atoms with Crippen molar-refractivity contribution in [3.8, 4) is 0 Å². The van der Waals surface area contributed by atoms with Gasteiger partial charge in [-0.15, -0.1) is 0 Å². The molecule has 0 aliphatic rings. The fourth-order valence-corrected chi connectivity index (χ4v) is 1.74. The van der Waals surface area contributed by atoms with E-state index in [0.717, 1.165) is 0 Å². The lowest BCUT2D eigenvalue weighted by molar-refractivity contribution is 0.102. The van der Waals surface area contributed by atoms with Crippen LogP contribution in [0.4, 0.5) is 16.2 Å². The quantitative estimate of drug-likeness (QED) is 0.805. The number of carbonyl (C=O) groups excluding carboxylic acids is 2. The molecular weight excluding hydrogens is 286 g/mol. The average Bonchev–Trinajstić information content (AvgIpc) is 2.50. The van der Waals surface area contributed by atoms with Crippen LogP contribution in [0, 0.1) is 0 Å². The van der Waals surface area contributed by atoms with Gasteiger partial charge in [-0.3, -0.25) is 14.9 Å². The first kappa shape index (κ1) is 15.3. The van der Waals surface area contributed by atoms with E-state index >= 15 is 0 Å². The van der Waals surface area contributed by atoms with Crippen molar-refractivity contribution in [2.75, 3.05) is 17.2 Å². The summed E-state index contributed by atoms with van der Waals surface area (Å²) in [6, 6.07) is 9.41. The van der Waals surface area contributed by atoms with Crippen LogP contribution in [0.1, 0.15) is 17.3 Å². The third-order valence-electron chi connectivity index (χ3n) is 2.71. The normalized spacial score (nSPS) is 9.86. The van der Waals surface area contributed by atoms with Crippen LogP contribution >= 0.6 is 0 Å². The predicted molar refractivity (Wildman–Crippen MR) is 82.1 cm³/mol. The van der Waals surface area contributed by atoms with Crippen LogP contribution in [0.15, 0.2) is 47.4 Å². The predicted octanol–water partition coefficient (Wildman–Crippen LogP) is 2.20. The molecule has 114 valence electrons. The Bertz CT molecular complexity index is 739. The van der Waals surface area contributed by atoms with Gasteiger partial charge in [-0.25, -0.2) is 4.79 Å². The number of benzene rings is 1. The van der Waals surface area contributed by atoms with Crippen LogP contribution in [0.2, 0.25) is 0 Å². The second kappa shape index (κ2) is 7.07. The number of amides is 2. The highest BCUT2D eigenvalue weighted by molar-refractivity contribution is 6.05. The summed E-state index contributed by atoms with van der Waals surface area (Å²) in [5.41, 5.74) is 0.485. The highest BCUT2D eigenvalue weighted by Gasteiger charge is 2.10. The van der Waals surface area contributed by atoms with Gasteiger partial charge in [-0.2, -0.15) is 0 Å². The Balaban J connectivity index is 2.12. The van der Waals surface area contributed by atoms with E-state index in [9.17, 15) is 14.4 Å². The van der Waals surface area contributed by atoms with Gasteiger partial charge >= 0.3 is 6.09 Å². The van der Waals surface area contributed by atoms with Crippen molar-refractivity contribution >= 4 is 23.4 Å². The standard InChI is InChI=1S/C15H15N3O4/c1-2-22-15(21)17-11-6-3-5-10(9-11)13(19)18-12-7-4-8-16-14(12)20/h3-9H,2H2,1H3,(H,16,20)(H,17,21)(H,18,19). The number of anilines is 2. The van der Waals surface area contributed by atoms with Crippen molar-refractivity contribution in [2.24, 2.45) is 0 Å². The second-order valence-electron chi connectivity index (χ2n) is 4.29. The molecule has 0 saturated carbocycles. The van der Waals surface area contributed by atoms with Crippen molar-refractivity contribution in [2.45, 2.75) is 6.92 Å². The van der Waals surface area contributed by atoms with Crippen LogP contribution in [-0.2, 0) is 4.74 Å². The third kappa shape index (κ3) is 3.95. The number of aromatic nitrogens is 1. The minimum Gasteiger partial charge on any atom is -0.450 e. The number of nitrogens with one attached hydrogen (secondary N) is 3. The maximum atomic E-state index is 12.1. The summed E-state index contributed by atoms with van der Waals surface area (Å²) in [5, 5.41) is 5.01. The topological polar surface area (TPSA) is 100 Å². The summed E-state index contributed by atoms with van der Waals surface area (Å²) in [6.07, 6.45) is 0.876. The summed E-state index contributed by atoms with van der Waals surface area (Å²) in [7, 11) is 0. The number of pyridine rings is 1. The first-order valence-electron chi connectivity index (χ1n) is 6.63. The monoisotopic (exact) mass is 301 g/mol. The number of ether oxygens (including phenoxy) is 1. The Labute approximate surface area is 126 Å². The molecule has 1 heterocycles. The third-order valence-corrected chi connectivity index (χ3v) is 2.71. The molecule has 0 saturated heterocycles. The van der Waals surface area contributed by atoms with E-state index in [4.69, 9.17) is 4.74 Å². The van der Waals surface area contributed by atoms with E-state index in [2.05, 4.69) is 15.6 Å². The van der Waals surface area contributed by atoms with Crippen molar-refractivity contribution in [1.29, 1.82) is 0 Å². The maximum Gasteiger partial charge on any atom is 0.411 e. The molecule has 0 aliphatic heterocycles. The molecule has 1 aromatic heterocycles. The van der Waals surface area contributed by atoms with Crippen LogP contribution < -0.4 is 16.2 Å². The van der Waals surface area contributed by atoms with E-state index in [-0.39, 0.29) is 12.3 Å². The Kier molecular flexibility index (Phi) is 4.92. The molecule has 7 heteroatoms. The molecule has 2 amide bonds. The van der Waals surface area contributed by atoms with E-state index in [1.165, 1.54) is 18.3 Å². The van der Waals surface area contributed by atoms with Crippen LogP contribution in [0.3, 0.4) is 0 Å². The Morgan fingerprint density at radius 3 is 2.73 bits per heavy atom. The van der Waals surface area contributed by atoms with E-state index in [1.807, 2.05) is 0 Å². The van der Waals surface area contributed by atoms with Gasteiger partial charge in [0.2, 0.25) is 0 Å². The fraction of sp³-hybridized carbons (Fsp3) is 0.133. The summed E-state index contributed by atoms with van der Waals surface area (Å²) in [5.74, 6) is -0.454. The van der Waals surface area contributed by atoms with Gasteiger partial charge in [0.1, 0.15) is 5.69 Å². The number of rotatable bonds is 4. The summed E-state index contributed by atoms with van der Waals surface area (Å²) in [4.78, 5) is 37.5. The average molecular weight is 301 g/mol. The molecule has 0 bridgehead atoms. The highest BCUT2D eigenvalue weighted by Crippen LogP contribution is 2.12.